The van der Waals surface area contributed by atoms with E-state index in [9.17, 15) is 42.9 Å². The maximum Gasteiger partial charge on any atom is 1.00 e. The molecule has 4 amide bonds. The van der Waals surface area contributed by atoms with Crippen LogP contribution in [-0.4, -0.2) is 120 Å². The minimum absolute atomic E-state index is 0. The Labute approximate surface area is 704 Å². The smallest absolute Gasteiger partial charge is 0.756 e. The fourth-order valence-electron chi connectivity index (χ4n) is 12.9. The molecule has 0 aliphatic carbocycles. The van der Waals surface area contributed by atoms with Gasteiger partial charge in [-0.15, -0.1) is 0 Å². The van der Waals surface area contributed by atoms with E-state index < -0.39 is 72.4 Å². The molecule has 25 heteroatoms. The van der Waals surface area contributed by atoms with Crippen LogP contribution in [0.4, 0.5) is 4.79 Å². The third kappa shape index (κ3) is 80.5. The number of phosphoric ester groups is 2. The zero-order valence-electron chi connectivity index (χ0n) is 70.7. The molecule has 0 aromatic carbocycles. The van der Waals surface area contributed by atoms with E-state index in [1.54, 1.807) is 0 Å². The fraction of sp³-hybridized carbons (Fsp3) is 0.940. The molecule has 0 aromatic rings. The number of hydrogen-bond donors (Lipinski definition) is 4. The molecule has 0 aliphatic rings. The normalized spacial score (nSPS) is 13.6. The average Bonchev–Trinajstić information content (AvgIpc) is 0.932. The summed E-state index contributed by atoms with van der Waals surface area (Å²) in [6.07, 6.45) is 59.6. The molecular weight excluding hydrogens is 1430 g/mol. The van der Waals surface area contributed by atoms with Crippen LogP contribution in [0, 0.1) is 0 Å². The molecule has 4 unspecified atom stereocenters. The first kappa shape index (κ1) is 111. The van der Waals surface area contributed by atoms with E-state index in [4.69, 9.17) is 37.0 Å². The first-order valence-electron chi connectivity index (χ1n) is 43.9. The van der Waals surface area contributed by atoms with Crippen LogP contribution in [0.25, 0.3) is 0 Å². The van der Waals surface area contributed by atoms with Crippen LogP contribution >= 0.6 is 15.6 Å². The van der Waals surface area contributed by atoms with Crippen molar-refractivity contribution in [2.24, 2.45) is 0 Å². The summed E-state index contributed by atoms with van der Waals surface area (Å²) >= 11 is 0. The number of rotatable bonds is 84. The quantitative estimate of drug-likeness (QED) is 0.0190. The number of amides is 4. The Morgan fingerprint density at radius 2 is 0.528 bits per heavy atom. The van der Waals surface area contributed by atoms with Crippen LogP contribution in [0.15, 0.2) is 0 Å². The molecule has 6 atom stereocenters. The molecule has 0 radical (unpaired) electrons. The summed E-state index contributed by atoms with van der Waals surface area (Å²) in [5.41, 5.74) is 0. The number of nitrogens with one attached hydrogen (secondary N) is 4. The Hall–Kier alpha value is -0.710. The summed E-state index contributed by atoms with van der Waals surface area (Å²) < 4.78 is 71.1. The zero-order valence-corrected chi connectivity index (χ0v) is 76.5. The van der Waals surface area contributed by atoms with Gasteiger partial charge in [-0.1, -0.05) is 337 Å². The summed E-state index contributed by atoms with van der Waals surface area (Å²) in [7, 11) is -9.96. The molecule has 0 spiro atoms. The number of carbonyl (C=O) groups is 5. The minimum Gasteiger partial charge on any atom is -0.756 e. The van der Waals surface area contributed by atoms with Gasteiger partial charge in [0.1, 0.15) is 12.2 Å². The standard InChI is InChI=1S/C83H164N4O17P2.2Na/c1-7-13-19-25-31-35-37-41-43-49-55-61-79(88)86-75(69-97-73-77(59-53-47-29-23-17-11-5)103-81(90)63-57-51-45-39-33-27-21-15-9-3)71-101-105(93,94)99-67-65-84-83(92)85-66-68-100-106(95,96)102-72-76(87-80(89)62-56-50-44-42-38-36-32-26-20-14-8-2)70-98-74-78(60-54-48-30-24-18-12-6)104-82(91)64-58-52-46-40-34-28-22-16-10-4;;/h75-78H,7-74H2,1-6H3,(H,86,88)(H,87,89)(H,93,94)(H,95,96)(H2,84,85,92);;/q;2*+1/p-2/t75-,76-,77?,78?;;/m1../s1. The fourth-order valence-corrected chi connectivity index (χ4v) is 14.4. The number of carbonyl (C=O) groups excluding carboxylic acids is 5. The van der Waals surface area contributed by atoms with Crippen LogP contribution in [0.1, 0.15) is 414 Å². The first-order chi connectivity index (χ1) is 51.5. The van der Waals surface area contributed by atoms with E-state index in [0.717, 1.165) is 141 Å². The largest absolute Gasteiger partial charge is 1.00 e. The summed E-state index contributed by atoms with van der Waals surface area (Å²) in [6.45, 7) is 10.6. The van der Waals surface area contributed by atoms with Crippen LogP contribution in [0.2, 0.25) is 0 Å². The molecule has 0 heterocycles. The maximum atomic E-state index is 13.3. The molecule has 628 valence electrons. The number of hydrogen-bond acceptors (Lipinski definition) is 17. The topological polar surface area (TPSA) is 288 Å². The molecular formula is C83H162N4Na2O17P2. The van der Waals surface area contributed by atoms with Gasteiger partial charge in [0.15, 0.2) is 0 Å². The van der Waals surface area contributed by atoms with Crippen molar-refractivity contribution in [1.82, 2.24) is 21.3 Å². The Kier molecular flexibility index (Phi) is 86.9. The zero-order chi connectivity index (χ0) is 77.8. The number of esters is 2. The van der Waals surface area contributed by atoms with Gasteiger partial charge in [-0.2, -0.15) is 0 Å². The molecule has 0 aliphatic heterocycles. The SMILES string of the molecule is CCCCCCCCCCCCCC(=O)N[C@H](COCC(CCCCCCCC)OC(=O)CCCCCCCCCCC)COP(=O)([O-])OCCNC(=O)NCCOP(=O)([O-])OC[C@@H](COCC(CCCCCCCC)OC(=O)CCCCCCCCCCC)NC(=O)CCCCCCCCCCCCC.[Na+].[Na+]. The second kappa shape index (κ2) is 84.2. The van der Waals surface area contributed by atoms with Crippen molar-refractivity contribution in [3.8, 4) is 0 Å². The molecule has 0 rings (SSSR count). The van der Waals surface area contributed by atoms with Crippen LogP contribution in [-0.2, 0) is 65.4 Å². The van der Waals surface area contributed by atoms with Crippen molar-refractivity contribution in [1.29, 1.82) is 0 Å². The summed E-state index contributed by atoms with van der Waals surface area (Å²) in [4.78, 5) is 91.8. The van der Waals surface area contributed by atoms with Crippen molar-refractivity contribution < 1.29 is 139 Å². The number of unbranched alkanes of at least 4 members (excludes halogenated alkanes) is 46. The number of ether oxygens (including phenoxy) is 4. The molecule has 0 fully saturated rings. The Morgan fingerprint density at radius 1 is 0.296 bits per heavy atom. The summed E-state index contributed by atoms with van der Waals surface area (Å²) in [6, 6.07) is -2.53. The van der Waals surface area contributed by atoms with E-state index in [0.29, 0.717) is 38.5 Å². The number of phosphoric acid groups is 2. The van der Waals surface area contributed by atoms with Crippen molar-refractivity contribution in [2.45, 2.75) is 438 Å². The Balaban J connectivity index is -0.0000551. The molecule has 108 heavy (non-hydrogen) atoms. The predicted molar refractivity (Wildman–Crippen MR) is 428 cm³/mol. The minimum atomic E-state index is -4.98. The number of urea groups is 1. The third-order valence-electron chi connectivity index (χ3n) is 19.5. The van der Waals surface area contributed by atoms with Gasteiger partial charge in [-0.25, -0.2) is 4.79 Å². The Morgan fingerprint density at radius 3 is 0.787 bits per heavy atom. The van der Waals surface area contributed by atoms with Crippen molar-refractivity contribution >= 4 is 45.4 Å². The first-order valence-corrected chi connectivity index (χ1v) is 46.8. The van der Waals surface area contributed by atoms with Crippen molar-refractivity contribution in [2.75, 3.05) is 65.9 Å². The van der Waals surface area contributed by atoms with Gasteiger partial charge < -0.3 is 68.1 Å². The molecule has 0 aromatic heterocycles. The van der Waals surface area contributed by atoms with E-state index in [2.05, 4.69) is 62.8 Å². The van der Waals surface area contributed by atoms with E-state index in [-0.39, 0.29) is 135 Å². The van der Waals surface area contributed by atoms with Gasteiger partial charge in [0, 0.05) is 38.8 Å². The molecule has 0 saturated heterocycles. The van der Waals surface area contributed by atoms with Gasteiger partial charge >= 0.3 is 77.1 Å². The Bertz CT molecular complexity index is 1980. The van der Waals surface area contributed by atoms with Gasteiger partial charge in [0.2, 0.25) is 11.8 Å². The monoisotopic (exact) mass is 1600 g/mol. The van der Waals surface area contributed by atoms with Gasteiger partial charge in [0.05, 0.1) is 64.9 Å². The van der Waals surface area contributed by atoms with Crippen LogP contribution in [0.3, 0.4) is 0 Å². The average molecular weight is 1600 g/mol. The van der Waals surface area contributed by atoms with E-state index in [1.807, 2.05) is 0 Å². The van der Waals surface area contributed by atoms with Gasteiger partial charge in [0.25, 0.3) is 15.6 Å². The van der Waals surface area contributed by atoms with Crippen molar-refractivity contribution in [3.63, 3.8) is 0 Å². The van der Waals surface area contributed by atoms with E-state index >= 15 is 0 Å². The van der Waals surface area contributed by atoms with Gasteiger partial charge in [-0.05, 0) is 51.4 Å². The maximum absolute atomic E-state index is 13.3. The second-order valence-corrected chi connectivity index (χ2v) is 32.8. The van der Waals surface area contributed by atoms with E-state index in [1.165, 1.54) is 180 Å². The van der Waals surface area contributed by atoms with Crippen molar-refractivity contribution in [3.05, 3.63) is 0 Å². The molecule has 0 saturated carbocycles. The summed E-state index contributed by atoms with van der Waals surface area (Å²) in [5.74, 6) is -1.06. The van der Waals surface area contributed by atoms with Crippen LogP contribution < -0.4 is 90.2 Å². The third-order valence-corrected chi connectivity index (χ3v) is 21.4. The van der Waals surface area contributed by atoms with Crippen LogP contribution in [0.5, 0.6) is 0 Å². The van der Waals surface area contributed by atoms with Gasteiger partial charge in [-0.3, -0.25) is 28.3 Å². The molecule has 21 nitrogen and oxygen atoms in total. The molecule has 0 bridgehead atoms. The summed E-state index contributed by atoms with van der Waals surface area (Å²) in [5, 5.41) is 10.7. The second-order valence-electron chi connectivity index (χ2n) is 30.0. The molecule has 4 N–H and O–H groups in total. The predicted octanol–water partition coefficient (Wildman–Crippen LogP) is 14.9.